The van der Waals surface area contributed by atoms with Crippen LogP contribution < -0.4 is 5.32 Å². The Labute approximate surface area is 151 Å². The second kappa shape index (κ2) is 8.07. The molecule has 2 aromatic rings. The average molecular weight is 364 g/mol. The molecule has 1 fully saturated rings. The normalized spacial score (nSPS) is 16.3. The zero-order chi connectivity index (χ0) is 17.8. The van der Waals surface area contributed by atoms with E-state index in [9.17, 15) is 4.79 Å². The molecule has 0 saturated carbocycles. The van der Waals surface area contributed by atoms with Crippen LogP contribution >= 0.6 is 11.3 Å². The van der Waals surface area contributed by atoms with Crippen molar-refractivity contribution in [3.05, 3.63) is 28.2 Å². The molecule has 1 aliphatic rings. The number of rotatable bonds is 7. The zero-order valence-electron chi connectivity index (χ0n) is 14.9. The van der Waals surface area contributed by atoms with Crippen LogP contribution in [-0.4, -0.2) is 41.2 Å². The molecule has 1 aliphatic heterocycles. The second-order valence-electron chi connectivity index (χ2n) is 6.17. The predicted molar refractivity (Wildman–Crippen MR) is 95.9 cm³/mol. The van der Waals surface area contributed by atoms with Crippen molar-refractivity contribution in [2.75, 3.05) is 25.5 Å². The summed E-state index contributed by atoms with van der Waals surface area (Å²) < 4.78 is 11.0. The van der Waals surface area contributed by atoms with E-state index < -0.39 is 0 Å². The minimum Gasteiger partial charge on any atom is -0.456 e. The van der Waals surface area contributed by atoms with Crippen molar-refractivity contribution in [1.82, 2.24) is 15.1 Å². The van der Waals surface area contributed by atoms with E-state index >= 15 is 0 Å². The highest BCUT2D eigenvalue weighted by atomic mass is 32.1. The first-order valence-corrected chi connectivity index (χ1v) is 9.43. The van der Waals surface area contributed by atoms with Gasteiger partial charge in [0.1, 0.15) is 16.9 Å². The Kier molecular flexibility index (Phi) is 5.82. The summed E-state index contributed by atoms with van der Waals surface area (Å²) >= 11 is 1.30. The van der Waals surface area contributed by atoms with Gasteiger partial charge in [-0.1, -0.05) is 18.3 Å². The van der Waals surface area contributed by atoms with E-state index in [-0.39, 0.29) is 12.0 Å². The molecule has 1 saturated heterocycles. The van der Waals surface area contributed by atoms with E-state index in [1.165, 1.54) is 24.2 Å². The van der Waals surface area contributed by atoms with Crippen molar-refractivity contribution < 1.29 is 13.9 Å². The lowest BCUT2D eigenvalue weighted by atomic mass is 10.2. The van der Waals surface area contributed by atoms with Crippen LogP contribution in [0.1, 0.15) is 59.7 Å². The Morgan fingerprint density at radius 1 is 1.44 bits per heavy atom. The molecule has 1 N–H and O–H groups in total. The third-order valence-corrected chi connectivity index (χ3v) is 5.40. The second-order valence-corrected chi connectivity index (χ2v) is 7.18. The smallest absolute Gasteiger partial charge is 0.293 e. The van der Waals surface area contributed by atoms with Crippen LogP contribution in [0.2, 0.25) is 0 Å². The van der Waals surface area contributed by atoms with E-state index in [0.717, 1.165) is 42.4 Å². The summed E-state index contributed by atoms with van der Waals surface area (Å²) in [7, 11) is 1.61. The van der Waals surface area contributed by atoms with Crippen molar-refractivity contribution in [1.29, 1.82) is 0 Å². The number of hydrogen-bond donors (Lipinski definition) is 1. The Morgan fingerprint density at radius 3 is 2.88 bits per heavy atom. The molecule has 136 valence electrons. The molecule has 0 spiro atoms. The monoisotopic (exact) mass is 364 g/mol. The molecule has 0 radical (unpaired) electrons. The number of aromatic nitrogens is 2. The van der Waals surface area contributed by atoms with Gasteiger partial charge < -0.3 is 9.15 Å². The van der Waals surface area contributed by atoms with Crippen molar-refractivity contribution in [3.8, 4) is 0 Å². The van der Waals surface area contributed by atoms with E-state index in [2.05, 4.69) is 20.4 Å². The summed E-state index contributed by atoms with van der Waals surface area (Å²) in [5.41, 5.74) is 1.10. The highest BCUT2D eigenvalue weighted by molar-refractivity contribution is 7.15. The van der Waals surface area contributed by atoms with Crippen LogP contribution in [0.15, 0.2) is 10.5 Å². The van der Waals surface area contributed by atoms with E-state index in [0.29, 0.717) is 10.9 Å². The SMILES string of the molecule is CCc1oc(C(=O)Nc2nnc(C(C)OC)s2)cc1CN1CCCC1. The number of methoxy groups -OCH3 is 1. The Hall–Kier alpha value is -1.77. The molecule has 1 amide bonds. The number of hydrogen-bond acceptors (Lipinski definition) is 7. The van der Waals surface area contributed by atoms with Crippen molar-refractivity contribution >= 4 is 22.4 Å². The topological polar surface area (TPSA) is 80.5 Å². The molecule has 0 aromatic carbocycles. The van der Waals surface area contributed by atoms with Crippen LogP contribution in [0.5, 0.6) is 0 Å². The highest BCUT2D eigenvalue weighted by Crippen LogP contribution is 2.25. The van der Waals surface area contributed by atoms with Crippen LogP contribution in [0.3, 0.4) is 0 Å². The first-order chi connectivity index (χ1) is 12.1. The fourth-order valence-corrected chi connectivity index (χ4v) is 3.67. The standard InChI is InChI=1S/C17H24N4O3S/c1-4-13-12(10-21-7-5-6-8-21)9-14(24-13)15(22)18-17-20-19-16(25-17)11(2)23-3/h9,11H,4-8,10H2,1-3H3,(H,18,20,22). The Morgan fingerprint density at radius 2 is 2.20 bits per heavy atom. The molecule has 2 aromatic heterocycles. The number of nitrogens with one attached hydrogen (secondary N) is 1. The van der Waals surface area contributed by atoms with Crippen molar-refractivity contribution in [2.45, 2.75) is 45.8 Å². The Bertz CT molecular complexity index is 721. The first-order valence-electron chi connectivity index (χ1n) is 8.62. The largest absolute Gasteiger partial charge is 0.456 e. The minimum absolute atomic E-state index is 0.148. The summed E-state index contributed by atoms with van der Waals surface area (Å²) in [5, 5.41) is 11.9. The highest BCUT2D eigenvalue weighted by Gasteiger charge is 2.21. The average Bonchev–Trinajstić information content (AvgIpc) is 3.35. The van der Waals surface area contributed by atoms with Gasteiger partial charge in [0.05, 0.1) is 0 Å². The number of nitrogens with zero attached hydrogens (tertiary/aromatic N) is 3. The molecule has 1 unspecified atom stereocenters. The van der Waals surface area contributed by atoms with Crippen LogP contribution in [0.4, 0.5) is 5.13 Å². The maximum atomic E-state index is 12.5. The fourth-order valence-electron chi connectivity index (χ4n) is 2.90. The quantitative estimate of drug-likeness (QED) is 0.812. The molecule has 0 bridgehead atoms. The molecule has 3 heterocycles. The van der Waals surface area contributed by atoms with Gasteiger partial charge in [-0.15, -0.1) is 10.2 Å². The maximum absolute atomic E-state index is 12.5. The number of amides is 1. The zero-order valence-corrected chi connectivity index (χ0v) is 15.7. The molecule has 0 aliphatic carbocycles. The van der Waals surface area contributed by atoms with Gasteiger partial charge in [0, 0.05) is 25.6 Å². The number of furan rings is 1. The molecule has 1 atom stereocenters. The molecular weight excluding hydrogens is 340 g/mol. The molecule has 25 heavy (non-hydrogen) atoms. The third kappa shape index (κ3) is 4.26. The Balaban J connectivity index is 1.69. The molecular formula is C17H24N4O3S. The summed E-state index contributed by atoms with van der Waals surface area (Å²) in [5.74, 6) is 0.903. The first kappa shape index (κ1) is 18.0. The van der Waals surface area contributed by atoms with Gasteiger partial charge in [-0.2, -0.15) is 0 Å². The minimum atomic E-state index is -0.296. The fraction of sp³-hybridized carbons (Fsp3) is 0.588. The van der Waals surface area contributed by atoms with E-state index in [1.807, 2.05) is 19.9 Å². The summed E-state index contributed by atoms with van der Waals surface area (Å²) in [6.07, 6.45) is 3.10. The van der Waals surface area contributed by atoms with Gasteiger partial charge in [-0.25, -0.2) is 0 Å². The maximum Gasteiger partial charge on any atom is 0.293 e. The van der Waals surface area contributed by atoms with Crippen LogP contribution in [0.25, 0.3) is 0 Å². The van der Waals surface area contributed by atoms with E-state index in [4.69, 9.17) is 9.15 Å². The lowest BCUT2D eigenvalue weighted by Crippen LogP contribution is -2.18. The number of ether oxygens (including phenoxy) is 1. The van der Waals surface area contributed by atoms with E-state index in [1.54, 1.807) is 7.11 Å². The van der Waals surface area contributed by atoms with Gasteiger partial charge in [-0.05, 0) is 38.9 Å². The lowest BCUT2D eigenvalue weighted by Gasteiger charge is -2.13. The van der Waals surface area contributed by atoms with Crippen molar-refractivity contribution in [2.24, 2.45) is 0 Å². The number of aryl methyl sites for hydroxylation is 1. The van der Waals surface area contributed by atoms with Crippen molar-refractivity contribution in [3.63, 3.8) is 0 Å². The summed E-state index contributed by atoms with van der Waals surface area (Å²) in [6.45, 7) is 6.99. The van der Waals surface area contributed by atoms with Gasteiger partial charge in [0.15, 0.2) is 5.76 Å². The van der Waals surface area contributed by atoms with Gasteiger partial charge >= 0.3 is 0 Å². The van der Waals surface area contributed by atoms with Crippen LogP contribution in [-0.2, 0) is 17.7 Å². The summed E-state index contributed by atoms with van der Waals surface area (Å²) in [4.78, 5) is 14.9. The summed E-state index contributed by atoms with van der Waals surface area (Å²) in [6, 6.07) is 1.85. The molecule has 8 heteroatoms. The van der Waals surface area contributed by atoms with Gasteiger partial charge in [0.25, 0.3) is 5.91 Å². The number of carbonyl (C=O) groups excluding carboxylic acids is 1. The third-order valence-electron chi connectivity index (χ3n) is 4.40. The molecule has 7 nitrogen and oxygen atoms in total. The number of anilines is 1. The van der Waals surface area contributed by atoms with Gasteiger partial charge in [0.2, 0.25) is 5.13 Å². The number of carbonyl (C=O) groups is 1. The number of likely N-dealkylation sites (tertiary alicyclic amines) is 1. The van der Waals surface area contributed by atoms with Crippen LogP contribution in [0, 0.1) is 0 Å². The molecule has 3 rings (SSSR count). The predicted octanol–water partition coefficient (Wildman–Crippen LogP) is 3.25. The van der Waals surface area contributed by atoms with Gasteiger partial charge in [-0.3, -0.25) is 15.0 Å². The lowest BCUT2D eigenvalue weighted by molar-refractivity contribution is 0.0995.